The Morgan fingerprint density at radius 3 is 2.32 bits per heavy atom. The van der Waals surface area contributed by atoms with Crippen LogP contribution in [-0.2, 0) is 22.3 Å². The maximum absolute atomic E-state index is 12.6. The first kappa shape index (κ1) is 21.0. The van der Waals surface area contributed by atoms with Gasteiger partial charge in [0, 0.05) is 19.5 Å². The highest BCUT2D eigenvalue weighted by Gasteiger charge is 2.30. The third kappa shape index (κ3) is 6.15. The van der Waals surface area contributed by atoms with Crippen LogP contribution < -0.4 is 5.32 Å². The number of amides is 2. The lowest BCUT2D eigenvalue weighted by molar-refractivity contribution is -0.144. The summed E-state index contributed by atoms with van der Waals surface area (Å²) >= 11 is 0. The van der Waals surface area contributed by atoms with Crippen molar-refractivity contribution >= 4 is 17.8 Å². The highest BCUT2D eigenvalue weighted by atomic mass is 19.4. The Morgan fingerprint density at radius 2 is 1.79 bits per heavy atom. The standard InChI is InChI=1S/C18H17F3N2O5/c19-18(20,21)13-5-3-12(4-6-13)10-23(11-16(25)26)15(24)7-8-22-17(27)14-2-1-9-28-14/h1-6,9H,7-8,10-11H2,(H,22,27)(H,25,26). The van der Waals surface area contributed by atoms with E-state index in [-0.39, 0.29) is 25.3 Å². The summed E-state index contributed by atoms with van der Waals surface area (Å²) in [4.78, 5) is 36.0. The van der Waals surface area contributed by atoms with Crippen molar-refractivity contribution in [1.82, 2.24) is 10.2 Å². The minimum atomic E-state index is -4.48. The molecule has 0 atom stereocenters. The van der Waals surface area contributed by atoms with Gasteiger partial charge in [0.2, 0.25) is 5.91 Å². The van der Waals surface area contributed by atoms with E-state index in [1.165, 1.54) is 30.5 Å². The van der Waals surface area contributed by atoms with Crippen molar-refractivity contribution in [3.8, 4) is 0 Å². The summed E-state index contributed by atoms with van der Waals surface area (Å²) in [5, 5.41) is 11.4. The summed E-state index contributed by atoms with van der Waals surface area (Å²) in [6, 6.07) is 7.06. The molecule has 0 saturated heterocycles. The molecular formula is C18H17F3N2O5. The van der Waals surface area contributed by atoms with E-state index >= 15 is 0 Å². The number of furan rings is 1. The van der Waals surface area contributed by atoms with E-state index in [1.54, 1.807) is 0 Å². The Labute approximate surface area is 157 Å². The number of hydrogen-bond donors (Lipinski definition) is 2. The van der Waals surface area contributed by atoms with Crippen molar-refractivity contribution < 1.29 is 37.1 Å². The molecule has 150 valence electrons. The molecule has 0 spiro atoms. The van der Waals surface area contributed by atoms with Gasteiger partial charge in [0.15, 0.2) is 5.76 Å². The van der Waals surface area contributed by atoms with Crippen LogP contribution in [0.25, 0.3) is 0 Å². The Balaban J connectivity index is 1.95. The van der Waals surface area contributed by atoms with Crippen LogP contribution in [0.4, 0.5) is 13.2 Å². The minimum Gasteiger partial charge on any atom is -0.480 e. The van der Waals surface area contributed by atoms with Gasteiger partial charge in [-0.15, -0.1) is 0 Å². The topological polar surface area (TPSA) is 99.9 Å². The second-order valence-electron chi connectivity index (χ2n) is 5.82. The lowest BCUT2D eigenvalue weighted by Gasteiger charge is -2.21. The van der Waals surface area contributed by atoms with E-state index in [0.29, 0.717) is 5.56 Å². The predicted molar refractivity (Wildman–Crippen MR) is 90.2 cm³/mol. The van der Waals surface area contributed by atoms with Crippen LogP contribution in [0.3, 0.4) is 0 Å². The number of carbonyl (C=O) groups is 3. The first-order chi connectivity index (χ1) is 13.2. The van der Waals surface area contributed by atoms with Gasteiger partial charge in [-0.1, -0.05) is 12.1 Å². The van der Waals surface area contributed by atoms with E-state index in [1.807, 2.05) is 0 Å². The van der Waals surface area contributed by atoms with E-state index < -0.39 is 36.1 Å². The molecule has 28 heavy (non-hydrogen) atoms. The number of benzene rings is 1. The second kappa shape index (κ2) is 9.07. The maximum Gasteiger partial charge on any atom is 0.416 e. The fourth-order valence-electron chi connectivity index (χ4n) is 2.35. The summed E-state index contributed by atoms with van der Waals surface area (Å²) in [5.41, 5.74) is -0.491. The summed E-state index contributed by atoms with van der Waals surface area (Å²) in [6.45, 7) is -0.844. The molecule has 2 rings (SSSR count). The van der Waals surface area contributed by atoms with Crippen LogP contribution in [-0.4, -0.2) is 40.9 Å². The molecular weight excluding hydrogens is 381 g/mol. The molecule has 7 nitrogen and oxygen atoms in total. The molecule has 0 unspecified atom stereocenters. The SMILES string of the molecule is O=C(O)CN(Cc1ccc(C(F)(F)F)cc1)C(=O)CCNC(=O)c1ccco1. The quantitative estimate of drug-likeness (QED) is 0.712. The second-order valence-corrected chi connectivity index (χ2v) is 5.82. The molecule has 1 aromatic heterocycles. The van der Waals surface area contributed by atoms with Gasteiger partial charge in [-0.3, -0.25) is 14.4 Å². The van der Waals surface area contributed by atoms with Gasteiger partial charge < -0.3 is 19.7 Å². The molecule has 0 aliphatic rings. The van der Waals surface area contributed by atoms with Crippen LogP contribution in [0.1, 0.15) is 28.1 Å². The van der Waals surface area contributed by atoms with Crippen LogP contribution in [0.5, 0.6) is 0 Å². The highest BCUT2D eigenvalue weighted by Crippen LogP contribution is 2.29. The number of carbonyl (C=O) groups excluding carboxylic acids is 2. The Bertz CT molecular complexity index is 817. The number of alkyl halides is 3. The fourth-order valence-corrected chi connectivity index (χ4v) is 2.35. The molecule has 0 aliphatic carbocycles. The van der Waals surface area contributed by atoms with E-state index in [9.17, 15) is 27.6 Å². The number of carboxylic acids is 1. The van der Waals surface area contributed by atoms with Gasteiger partial charge in [-0.2, -0.15) is 13.2 Å². The van der Waals surface area contributed by atoms with E-state index in [0.717, 1.165) is 17.0 Å². The maximum atomic E-state index is 12.6. The number of hydrogen-bond acceptors (Lipinski definition) is 4. The normalized spacial score (nSPS) is 11.1. The number of rotatable bonds is 8. The summed E-state index contributed by atoms with van der Waals surface area (Å²) in [7, 11) is 0. The van der Waals surface area contributed by atoms with Crippen LogP contribution >= 0.6 is 0 Å². The molecule has 10 heteroatoms. The highest BCUT2D eigenvalue weighted by molar-refractivity contribution is 5.91. The van der Waals surface area contributed by atoms with Crippen molar-refractivity contribution in [2.45, 2.75) is 19.1 Å². The van der Waals surface area contributed by atoms with Crippen molar-refractivity contribution in [1.29, 1.82) is 0 Å². The molecule has 0 bridgehead atoms. The number of aliphatic carboxylic acids is 1. The third-order valence-electron chi connectivity index (χ3n) is 3.70. The zero-order valence-corrected chi connectivity index (χ0v) is 14.5. The molecule has 2 amide bonds. The lowest BCUT2D eigenvalue weighted by Crippen LogP contribution is -2.37. The monoisotopic (exact) mass is 398 g/mol. The summed E-state index contributed by atoms with van der Waals surface area (Å²) < 4.78 is 42.7. The first-order valence-corrected chi connectivity index (χ1v) is 8.14. The molecule has 2 N–H and O–H groups in total. The van der Waals surface area contributed by atoms with Crippen molar-refractivity contribution in [2.24, 2.45) is 0 Å². The fraction of sp³-hybridized carbons (Fsp3) is 0.278. The largest absolute Gasteiger partial charge is 0.480 e. The molecule has 1 aromatic carbocycles. The molecule has 0 fully saturated rings. The Kier molecular flexibility index (Phi) is 6.80. The summed E-state index contributed by atoms with van der Waals surface area (Å²) in [6.07, 6.45) is -3.35. The zero-order valence-electron chi connectivity index (χ0n) is 14.5. The van der Waals surface area contributed by atoms with Gasteiger partial charge in [0.1, 0.15) is 6.54 Å². The smallest absolute Gasteiger partial charge is 0.416 e. The molecule has 1 heterocycles. The Morgan fingerprint density at radius 1 is 1.11 bits per heavy atom. The summed E-state index contributed by atoms with van der Waals surface area (Å²) in [5.74, 6) is -2.29. The van der Waals surface area contributed by atoms with Gasteiger partial charge in [-0.25, -0.2) is 0 Å². The van der Waals surface area contributed by atoms with Crippen LogP contribution in [0.15, 0.2) is 47.1 Å². The third-order valence-corrected chi connectivity index (χ3v) is 3.70. The average molecular weight is 398 g/mol. The Hall–Kier alpha value is -3.30. The van der Waals surface area contributed by atoms with Gasteiger partial charge in [0.25, 0.3) is 5.91 Å². The number of nitrogens with zero attached hydrogens (tertiary/aromatic N) is 1. The van der Waals surface area contributed by atoms with Crippen molar-refractivity contribution in [3.05, 3.63) is 59.5 Å². The van der Waals surface area contributed by atoms with Crippen LogP contribution in [0, 0.1) is 0 Å². The predicted octanol–water partition coefficient (Wildman–Crippen LogP) is 2.53. The van der Waals surface area contributed by atoms with E-state index in [4.69, 9.17) is 9.52 Å². The molecule has 2 aromatic rings. The molecule has 0 saturated carbocycles. The molecule has 0 radical (unpaired) electrons. The van der Waals surface area contributed by atoms with Gasteiger partial charge in [-0.05, 0) is 29.8 Å². The minimum absolute atomic E-state index is 0.0541. The zero-order chi connectivity index (χ0) is 20.7. The molecule has 0 aliphatic heterocycles. The van der Waals surface area contributed by atoms with Gasteiger partial charge >= 0.3 is 12.1 Å². The lowest BCUT2D eigenvalue weighted by atomic mass is 10.1. The average Bonchev–Trinajstić information content (AvgIpc) is 3.15. The van der Waals surface area contributed by atoms with Gasteiger partial charge in [0.05, 0.1) is 11.8 Å². The number of nitrogens with one attached hydrogen (secondary N) is 1. The van der Waals surface area contributed by atoms with Crippen LogP contribution in [0.2, 0.25) is 0 Å². The van der Waals surface area contributed by atoms with E-state index in [2.05, 4.69) is 5.32 Å². The number of carboxylic acid groups (broad SMARTS) is 1. The van der Waals surface area contributed by atoms with Crippen molar-refractivity contribution in [3.63, 3.8) is 0 Å². The van der Waals surface area contributed by atoms with Crippen molar-refractivity contribution in [2.75, 3.05) is 13.1 Å². The first-order valence-electron chi connectivity index (χ1n) is 8.14. The number of halogens is 3.